The standard InChI is InChI=1S/C17H20N8O2/c1-11-10-12(2)25(22-11)15-6-5-14(20-21-15)18-8-9-19-17(27)13-4-7-16(26)24(3)23-13/h4-7,10H,8-9H2,1-3H3,(H,18,20)(H,19,27). The number of amides is 1. The summed E-state index contributed by atoms with van der Waals surface area (Å²) in [5.74, 6) is 0.883. The number of anilines is 1. The van der Waals surface area contributed by atoms with Crippen molar-refractivity contribution in [1.82, 2.24) is 35.1 Å². The van der Waals surface area contributed by atoms with E-state index >= 15 is 0 Å². The molecular formula is C17H20N8O2. The van der Waals surface area contributed by atoms with Gasteiger partial charge in [0.05, 0.1) is 5.69 Å². The molecule has 0 unspecified atom stereocenters. The van der Waals surface area contributed by atoms with Gasteiger partial charge in [-0.25, -0.2) is 9.36 Å². The average molecular weight is 368 g/mol. The summed E-state index contributed by atoms with van der Waals surface area (Å²) in [6, 6.07) is 8.29. The fourth-order valence-electron chi connectivity index (χ4n) is 2.47. The number of carbonyl (C=O) groups excluding carboxylic acids is 1. The van der Waals surface area contributed by atoms with Crippen molar-refractivity contribution in [2.75, 3.05) is 18.4 Å². The van der Waals surface area contributed by atoms with Crippen LogP contribution in [0.15, 0.2) is 35.1 Å². The Labute approximate surface area is 155 Å². The Morgan fingerprint density at radius 3 is 2.52 bits per heavy atom. The minimum absolute atomic E-state index is 0.186. The molecular weight excluding hydrogens is 348 g/mol. The van der Waals surface area contributed by atoms with Crippen LogP contribution >= 0.6 is 0 Å². The summed E-state index contributed by atoms with van der Waals surface area (Å²) in [4.78, 5) is 23.3. The van der Waals surface area contributed by atoms with Crippen LogP contribution in [0.4, 0.5) is 5.82 Å². The maximum atomic E-state index is 12.0. The van der Waals surface area contributed by atoms with E-state index in [0.29, 0.717) is 24.7 Å². The fraction of sp³-hybridized carbons (Fsp3) is 0.294. The first-order valence-electron chi connectivity index (χ1n) is 8.38. The van der Waals surface area contributed by atoms with E-state index in [9.17, 15) is 9.59 Å². The smallest absolute Gasteiger partial charge is 0.271 e. The molecule has 0 aliphatic rings. The zero-order valence-corrected chi connectivity index (χ0v) is 15.3. The van der Waals surface area contributed by atoms with E-state index in [1.54, 1.807) is 10.7 Å². The Kier molecular flexibility index (Phi) is 5.25. The third kappa shape index (κ3) is 4.35. The highest BCUT2D eigenvalue weighted by Gasteiger charge is 2.08. The molecule has 10 heteroatoms. The first-order chi connectivity index (χ1) is 12.9. The normalized spacial score (nSPS) is 10.6. The van der Waals surface area contributed by atoms with E-state index in [-0.39, 0.29) is 17.2 Å². The highest BCUT2D eigenvalue weighted by Crippen LogP contribution is 2.10. The Morgan fingerprint density at radius 1 is 1.07 bits per heavy atom. The van der Waals surface area contributed by atoms with Gasteiger partial charge in [0.2, 0.25) is 0 Å². The molecule has 0 aliphatic heterocycles. The summed E-state index contributed by atoms with van der Waals surface area (Å²) >= 11 is 0. The minimum Gasteiger partial charge on any atom is -0.367 e. The van der Waals surface area contributed by atoms with Gasteiger partial charge < -0.3 is 10.6 Å². The van der Waals surface area contributed by atoms with Crippen LogP contribution in [-0.4, -0.2) is 48.8 Å². The van der Waals surface area contributed by atoms with Crippen LogP contribution in [0.3, 0.4) is 0 Å². The molecule has 0 fully saturated rings. The number of aryl methyl sites for hydroxylation is 3. The van der Waals surface area contributed by atoms with Gasteiger partial charge in [0, 0.05) is 31.9 Å². The summed E-state index contributed by atoms with van der Waals surface area (Å²) in [6.45, 7) is 4.71. The van der Waals surface area contributed by atoms with Gasteiger partial charge >= 0.3 is 0 Å². The second kappa shape index (κ2) is 7.77. The Hall–Kier alpha value is -3.56. The number of aromatic nitrogens is 6. The van der Waals surface area contributed by atoms with Crippen molar-refractivity contribution in [2.45, 2.75) is 13.8 Å². The molecule has 0 aliphatic carbocycles. The average Bonchev–Trinajstić information content (AvgIpc) is 2.99. The van der Waals surface area contributed by atoms with E-state index in [1.807, 2.05) is 26.0 Å². The number of nitrogens with zero attached hydrogens (tertiary/aromatic N) is 6. The Bertz CT molecular complexity index is 1010. The molecule has 0 atom stereocenters. The lowest BCUT2D eigenvalue weighted by atomic mass is 10.3. The first kappa shape index (κ1) is 18.2. The number of hydrogen-bond donors (Lipinski definition) is 2. The second-order valence-electron chi connectivity index (χ2n) is 5.98. The topological polar surface area (TPSA) is 120 Å². The molecule has 3 aromatic rings. The van der Waals surface area contributed by atoms with E-state index in [0.717, 1.165) is 16.1 Å². The van der Waals surface area contributed by atoms with Crippen molar-refractivity contribution in [3.8, 4) is 5.82 Å². The van der Waals surface area contributed by atoms with Gasteiger partial charge in [-0.2, -0.15) is 10.2 Å². The highest BCUT2D eigenvalue weighted by atomic mass is 16.2. The van der Waals surface area contributed by atoms with Crippen molar-refractivity contribution < 1.29 is 4.79 Å². The maximum Gasteiger partial charge on any atom is 0.271 e. The quantitative estimate of drug-likeness (QED) is 0.597. The zero-order valence-electron chi connectivity index (χ0n) is 15.3. The monoisotopic (exact) mass is 368 g/mol. The lowest BCUT2D eigenvalue weighted by Gasteiger charge is -2.08. The molecule has 3 heterocycles. The molecule has 0 aromatic carbocycles. The molecule has 140 valence electrons. The fourth-order valence-corrected chi connectivity index (χ4v) is 2.47. The molecule has 0 spiro atoms. The Balaban J connectivity index is 1.50. The van der Waals surface area contributed by atoms with Crippen molar-refractivity contribution in [3.63, 3.8) is 0 Å². The molecule has 0 radical (unpaired) electrons. The van der Waals surface area contributed by atoms with Crippen molar-refractivity contribution in [1.29, 1.82) is 0 Å². The molecule has 1 amide bonds. The molecule has 3 rings (SSSR count). The third-order valence-corrected chi connectivity index (χ3v) is 3.79. The van der Waals surface area contributed by atoms with E-state index in [1.165, 1.54) is 19.2 Å². The molecule has 0 bridgehead atoms. The van der Waals surface area contributed by atoms with Crippen molar-refractivity contribution >= 4 is 11.7 Å². The van der Waals surface area contributed by atoms with Crippen LogP contribution in [-0.2, 0) is 7.05 Å². The van der Waals surface area contributed by atoms with Crippen LogP contribution in [0.1, 0.15) is 21.9 Å². The second-order valence-corrected chi connectivity index (χ2v) is 5.98. The number of nitrogens with one attached hydrogen (secondary N) is 2. The van der Waals surface area contributed by atoms with Crippen LogP contribution in [0.5, 0.6) is 0 Å². The molecule has 2 N–H and O–H groups in total. The summed E-state index contributed by atoms with van der Waals surface area (Å²) in [5, 5.41) is 22.3. The van der Waals surface area contributed by atoms with Crippen molar-refractivity contribution in [3.05, 3.63) is 57.8 Å². The van der Waals surface area contributed by atoms with E-state index in [2.05, 4.69) is 31.0 Å². The van der Waals surface area contributed by atoms with Gasteiger partial charge in [0.1, 0.15) is 11.5 Å². The van der Waals surface area contributed by atoms with Gasteiger partial charge in [0.15, 0.2) is 5.82 Å². The predicted molar refractivity (Wildman–Crippen MR) is 98.9 cm³/mol. The number of hydrogen-bond acceptors (Lipinski definition) is 7. The van der Waals surface area contributed by atoms with Crippen LogP contribution < -0.4 is 16.2 Å². The van der Waals surface area contributed by atoms with Crippen LogP contribution in [0.25, 0.3) is 5.82 Å². The van der Waals surface area contributed by atoms with Gasteiger partial charge in [-0.3, -0.25) is 9.59 Å². The van der Waals surface area contributed by atoms with Gasteiger partial charge in [-0.05, 0) is 38.1 Å². The van der Waals surface area contributed by atoms with Gasteiger partial charge in [0.25, 0.3) is 11.5 Å². The summed E-state index contributed by atoms with van der Waals surface area (Å²) < 4.78 is 2.85. The minimum atomic E-state index is -0.349. The molecule has 10 nitrogen and oxygen atoms in total. The summed E-state index contributed by atoms with van der Waals surface area (Å²) in [6.07, 6.45) is 0. The lowest BCUT2D eigenvalue weighted by Crippen LogP contribution is -2.31. The van der Waals surface area contributed by atoms with Gasteiger partial charge in [-0.1, -0.05) is 0 Å². The lowest BCUT2D eigenvalue weighted by molar-refractivity contribution is 0.0948. The summed E-state index contributed by atoms with van der Waals surface area (Å²) in [5.41, 5.74) is 1.82. The van der Waals surface area contributed by atoms with Crippen molar-refractivity contribution in [2.24, 2.45) is 7.05 Å². The number of carbonyl (C=O) groups is 1. The van der Waals surface area contributed by atoms with E-state index < -0.39 is 0 Å². The SMILES string of the molecule is Cc1cc(C)n(-c2ccc(NCCNC(=O)c3ccc(=O)n(C)n3)nn2)n1. The predicted octanol–water partition coefficient (Wildman–Crippen LogP) is 0.215. The largest absolute Gasteiger partial charge is 0.367 e. The highest BCUT2D eigenvalue weighted by molar-refractivity contribution is 5.91. The zero-order chi connectivity index (χ0) is 19.4. The molecule has 0 saturated heterocycles. The number of rotatable bonds is 6. The Morgan fingerprint density at radius 2 is 1.89 bits per heavy atom. The molecule has 0 saturated carbocycles. The maximum absolute atomic E-state index is 12.0. The van der Waals surface area contributed by atoms with Crippen LogP contribution in [0, 0.1) is 13.8 Å². The van der Waals surface area contributed by atoms with Crippen LogP contribution in [0.2, 0.25) is 0 Å². The van der Waals surface area contributed by atoms with E-state index in [4.69, 9.17) is 0 Å². The summed E-state index contributed by atoms with van der Waals surface area (Å²) in [7, 11) is 1.50. The molecule has 3 aromatic heterocycles. The third-order valence-electron chi connectivity index (χ3n) is 3.79. The first-order valence-corrected chi connectivity index (χ1v) is 8.38. The molecule has 27 heavy (non-hydrogen) atoms. The van der Waals surface area contributed by atoms with Gasteiger partial charge in [-0.15, -0.1) is 10.2 Å².